The van der Waals surface area contributed by atoms with E-state index in [0.717, 1.165) is 6.42 Å². The summed E-state index contributed by atoms with van der Waals surface area (Å²) in [5.74, 6) is 0.571. The van der Waals surface area contributed by atoms with Gasteiger partial charge in [0.25, 0.3) is 0 Å². The second-order valence-electron chi connectivity index (χ2n) is 3.63. The average Bonchev–Trinajstić information content (AvgIpc) is 2.16. The van der Waals surface area contributed by atoms with E-state index in [1.807, 2.05) is 6.92 Å². The van der Waals surface area contributed by atoms with Crippen LogP contribution in [0.5, 0.6) is 0 Å². The van der Waals surface area contributed by atoms with Gasteiger partial charge >= 0.3 is 0 Å². The quantitative estimate of drug-likeness (QED) is 0.211. The van der Waals surface area contributed by atoms with E-state index in [4.69, 9.17) is 10.9 Å². The van der Waals surface area contributed by atoms with Crippen molar-refractivity contribution in [3.8, 4) is 0 Å². The number of nitrogens with two attached hydrogens (primary N) is 1. The van der Waals surface area contributed by atoms with Gasteiger partial charge in [0.15, 0.2) is 0 Å². The maximum atomic E-state index is 8.41. The molecule has 0 fully saturated rings. The summed E-state index contributed by atoms with van der Waals surface area (Å²) < 4.78 is 0. The van der Waals surface area contributed by atoms with Crippen molar-refractivity contribution in [1.29, 1.82) is 0 Å². The summed E-state index contributed by atoms with van der Waals surface area (Å²) in [5.41, 5.74) is 5.46. The molecule has 1 unspecified atom stereocenters. The highest BCUT2D eigenvalue weighted by Gasteiger charge is 2.06. The largest absolute Gasteiger partial charge is 0.409 e. The standard InChI is InChI=1S/C10H22N2O/c1-3-4-5-6-7-8-9(2)10(11)12-13/h9,13H,3-8H2,1-2H3,(H2,11,12). The maximum absolute atomic E-state index is 8.41. The lowest BCUT2D eigenvalue weighted by atomic mass is 10.0. The molecule has 0 aromatic heterocycles. The molecular formula is C10H22N2O. The first-order valence-electron chi connectivity index (χ1n) is 5.19. The molecule has 0 amide bonds. The van der Waals surface area contributed by atoms with Crippen LogP contribution in [0.25, 0.3) is 0 Å². The van der Waals surface area contributed by atoms with E-state index in [2.05, 4.69) is 12.1 Å². The van der Waals surface area contributed by atoms with Gasteiger partial charge in [0, 0.05) is 5.92 Å². The van der Waals surface area contributed by atoms with Crippen LogP contribution in [-0.2, 0) is 0 Å². The highest BCUT2D eigenvalue weighted by Crippen LogP contribution is 2.11. The Labute approximate surface area is 81.0 Å². The monoisotopic (exact) mass is 186 g/mol. The van der Waals surface area contributed by atoms with Gasteiger partial charge in [0.05, 0.1) is 0 Å². The lowest BCUT2D eigenvalue weighted by molar-refractivity contribution is 0.313. The minimum absolute atomic E-state index is 0.214. The van der Waals surface area contributed by atoms with Crippen LogP contribution in [-0.4, -0.2) is 11.0 Å². The predicted molar refractivity (Wildman–Crippen MR) is 55.9 cm³/mol. The van der Waals surface area contributed by atoms with Crippen LogP contribution < -0.4 is 5.73 Å². The Morgan fingerprint density at radius 1 is 1.31 bits per heavy atom. The van der Waals surface area contributed by atoms with E-state index in [1.165, 1.54) is 32.1 Å². The summed E-state index contributed by atoms with van der Waals surface area (Å²) in [4.78, 5) is 0. The third-order valence-electron chi connectivity index (χ3n) is 2.36. The number of amidine groups is 1. The summed E-state index contributed by atoms with van der Waals surface area (Å²) in [6.07, 6.45) is 7.36. The van der Waals surface area contributed by atoms with Gasteiger partial charge in [0.1, 0.15) is 5.84 Å². The highest BCUT2D eigenvalue weighted by molar-refractivity contribution is 5.81. The number of nitrogens with zero attached hydrogens (tertiary/aromatic N) is 1. The number of hydrogen-bond acceptors (Lipinski definition) is 2. The molecule has 13 heavy (non-hydrogen) atoms. The van der Waals surface area contributed by atoms with Crippen molar-refractivity contribution >= 4 is 5.84 Å². The number of rotatable bonds is 7. The zero-order valence-electron chi connectivity index (χ0n) is 8.79. The second kappa shape index (κ2) is 7.90. The topological polar surface area (TPSA) is 58.6 Å². The van der Waals surface area contributed by atoms with Crippen LogP contribution >= 0.6 is 0 Å². The normalized spacial score (nSPS) is 14.5. The predicted octanol–water partition coefficient (Wildman–Crippen LogP) is 2.73. The van der Waals surface area contributed by atoms with Crippen LogP contribution in [0.1, 0.15) is 52.4 Å². The van der Waals surface area contributed by atoms with Crippen LogP contribution in [0, 0.1) is 5.92 Å². The van der Waals surface area contributed by atoms with Crippen molar-refractivity contribution < 1.29 is 5.21 Å². The first kappa shape index (κ1) is 12.3. The van der Waals surface area contributed by atoms with Gasteiger partial charge in [-0.05, 0) is 6.42 Å². The Bertz CT molecular complexity index is 146. The van der Waals surface area contributed by atoms with E-state index in [-0.39, 0.29) is 5.92 Å². The molecule has 0 aliphatic heterocycles. The van der Waals surface area contributed by atoms with Crippen LogP contribution in [0.3, 0.4) is 0 Å². The van der Waals surface area contributed by atoms with Gasteiger partial charge in [-0.1, -0.05) is 51.1 Å². The van der Waals surface area contributed by atoms with Crippen LogP contribution in [0.2, 0.25) is 0 Å². The molecule has 1 atom stereocenters. The van der Waals surface area contributed by atoms with Crippen molar-refractivity contribution in [2.24, 2.45) is 16.8 Å². The lowest BCUT2D eigenvalue weighted by Crippen LogP contribution is -2.21. The molecule has 3 N–H and O–H groups in total. The number of oxime groups is 1. The molecule has 0 heterocycles. The summed E-state index contributed by atoms with van der Waals surface area (Å²) in [6, 6.07) is 0. The minimum atomic E-state index is 0.214. The summed E-state index contributed by atoms with van der Waals surface area (Å²) >= 11 is 0. The fraction of sp³-hybridized carbons (Fsp3) is 0.900. The summed E-state index contributed by atoms with van der Waals surface area (Å²) in [5, 5.41) is 11.4. The molecule has 0 aromatic carbocycles. The summed E-state index contributed by atoms with van der Waals surface area (Å²) in [7, 11) is 0. The van der Waals surface area contributed by atoms with Crippen LogP contribution in [0.15, 0.2) is 5.16 Å². The number of hydrogen-bond donors (Lipinski definition) is 2. The van der Waals surface area contributed by atoms with E-state index in [1.54, 1.807) is 0 Å². The van der Waals surface area contributed by atoms with Crippen LogP contribution in [0.4, 0.5) is 0 Å². The first-order valence-corrected chi connectivity index (χ1v) is 5.19. The van der Waals surface area contributed by atoms with E-state index in [9.17, 15) is 0 Å². The third-order valence-corrected chi connectivity index (χ3v) is 2.36. The molecule has 78 valence electrons. The van der Waals surface area contributed by atoms with Gasteiger partial charge in [-0.25, -0.2) is 0 Å². The molecule has 0 rings (SSSR count). The number of unbranched alkanes of at least 4 members (excludes halogenated alkanes) is 4. The maximum Gasteiger partial charge on any atom is 0.141 e. The van der Waals surface area contributed by atoms with Crippen molar-refractivity contribution in [1.82, 2.24) is 0 Å². The Morgan fingerprint density at radius 3 is 2.46 bits per heavy atom. The smallest absolute Gasteiger partial charge is 0.141 e. The SMILES string of the molecule is CCCCCCCC(C)/C(N)=N/O. The van der Waals surface area contributed by atoms with Crippen molar-refractivity contribution in [3.63, 3.8) is 0 Å². The van der Waals surface area contributed by atoms with Gasteiger partial charge in [-0.3, -0.25) is 0 Å². The van der Waals surface area contributed by atoms with E-state index in [0.29, 0.717) is 5.84 Å². The molecule has 0 bridgehead atoms. The minimum Gasteiger partial charge on any atom is -0.409 e. The van der Waals surface area contributed by atoms with Gasteiger partial charge in [0.2, 0.25) is 0 Å². The lowest BCUT2D eigenvalue weighted by Gasteiger charge is -2.08. The fourth-order valence-electron chi connectivity index (χ4n) is 1.30. The third kappa shape index (κ3) is 6.43. The molecule has 0 saturated heterocycles. The molecule has 0 aliphatic carbocycles. The van der Waals surface area contributed by atoms with Crippen molar-refractivity contribution in [2.75, 3.05) is 0 Å². The molecule has 3 nitrogen and oxygen atoms in total. The Morgan fingerprint density at radius 2 is 1.92 bits per heavy atom. The molecule has 0 spiro atoms. The van der Waals surface area contributed by atoms with E-state index < -0.39 is 0 Å². The Hall–Kier alpha value is -0.730. The Kier molecular flexibility index (Phi) is 7.45. The zero-order valence-corrected chi connectivity index (χ0v) is 8.79. The molecule has 0 aliphatic rings. The zero-order chi connectivity index (χ0) is 10.1. The fourth-order valence-corrected chi connectivity index (χ4v) is 1.30. The van der Waals surface area contributed by atoms with Crippen molar-refractivity contribution in [3.05, 3.63) is 0 Å². The van der Waals surface area contributed by atoms with Crippen molar-refractivity contribution in [2.45, 2.75) is 52.4 Å². The van der Waals surface area contributed by atoms with E-state index >= 15 is 0 Å². The average molecular weight is 186 g/mol. The molecular weight excluding hydrogens is 164 g/mol. The molecule has 0 aromatic rings. The second-order valence-corrected chi connectivity index (χ2v) is 3.63. The molecule has 3 heteroatoms. The Balaban J connectivity index is 3.32. The summed E-state index contributed by atoms with van der Waals surface area (Å²) in [6.45, 7) is 4.20. The highest BCUT2D eigenvalue weighted by atomic mass is 16.4. The molecule has 0 radical (unpaired) electrons. The first-order chi connectivity index (χ1) is 6.22. The van der Waals surface area contributed by atoms with Gasteiger partial charge < -0.3 is 10.9 Å². The van der Waals surface area contributed by atoms with Gasteiger partial charge in [-0.15, -0.1) is 0 Å². The van der Waals surface area contributed by atoms with Gasteiger partial charge in [-0.2, -0.15) is 0 Å². The molecule has 0 saturated carbocycles.